The summed E-state index contributed by atoms with van der Waals surface area (Å²) in [5, 5.41) is 3.53. The Kier molecular flexibility index (Phi) is 135. The molecule has 0 aliphatic heterocycles. The summed E-state index contributed by atoms with van der Waals surface area (Å²) in [6, 6.07) is 31.0. The minimum absolute atomic E-state index is 0. The van der Waals surface area contributed by atoms with E-state index in [-0.39, 0.29) is 175 Å². The first-order chi connectivity index (χ1) is 39.8. The van der Waals surface area contributed by atoms with Crippen LogP contribution in [0.5, 0.6) is 0 Å². The summed E-state index contributed by atoms with van der Waals surface area (Å²) in [6.45, 7) is 50.7. The maximum absolute atomic E-state index is 12.3. The minimum atomic E-state index is -4.38. The molecule has 111 heavy (non-hydrogen) atoms. The Bertz CT molecular complexity index is 2320. The van der Waals surface area contributed by atoms with Crippen LogP contribution in [-0.4, -0.2) is 164 Å². The second-order valence-electron chi connectivity index (χ2n) is 26.4. The van der Waals surface area contributed by atoms with Gasteiger partial charge in [-0.2, -0.15) is 26.3 Å². The van der Waals surface area contributed by atoms with Gasteiger partial charge in [-0.05, 0) is 165 Å². The van der Waals surface area contributed by atoms with E-state index in [0.29, 0.717) is 0 Å². The molecule has 3 aromatic rings. The Hall–Kier alpha value is -1.30. The van der Waals surface area contributed by atoms with Gasteiger partial charge in [-0.15, -0.1) is 13.2 Å². The summed E-state index contributed by atoms with van der Waals surface area (Å²) in [4.78, 5) is 0. The quantitative estimate of drug-likeness (QED) is 0.0433. The predicted molar refractivity (Wildman–Crippen MR) is 532 cm³/mol. The molecule has 0 saturated carbocycles. The first-order valence-electron chi connectivity index (χ1n) is 29.1. The van der Waals surface area contributed by atoms with Gasteiger partial charge < -0.3 is 51.6 Å². The lowest BCUT2D eigenvalue weighted by Crippen LogP contribution is -2.66. The smallest absolute Gasteiger partial charge is 0.433 e. The summed E-state index contributed by atoms with van der Waals surface area (Å²) in [5.41, 5.74) is 3.52. The zero-order valence-corrected chi connectivity index (χ0v) is 71.5. The second-order valence-corrected chi connectivity index (χ2v) is 72.4. The topological polar surface area (TPSA) is 111 Å². The molecule has 0 heterocycles. The van der Waals surface area contributed by atoms with E-state index >= 15 is 0 Å². The van der Waals surface area contributed by atoms with Crippen LogP contribution in [0, 0.1) is 0 Å². The third-order valence-electron chi connectivity index (χ3n) is 11.9. The van der Waals surface area contributed by atoms with Gasteiger partial charge in [-0.3, -0.25) is 0 Å². The van der Waals surface area contributed by atoms with Crippen LogP contribution in [0.25, 0.3) is 0 Å². The number of hydrogen-bond donors (Lipinski definition) is 0. The summed E-state index contributed by atoms with van der Waals surface area (Å²) >= 11 is 0. The maximum atomic E-state index is 12.3. The van der Waals surface area contributed by atoms with Crippen molar-refractivity contribution in [2.24, 2.45) is 0 Å². The zero-order valence-electron chi connectivity index (χ0n) is 59.5. The molecule has 696 valence electrons. The van der Waals surface area contributed by atoms with Crippen LogP contribution in [0.15, 0.2) is 116 Å². The molecule has 0 aliphatic carbocycles. The van der Waals surface area contributed by atoms with E-state index in [1.54, 1.807) is 66.9 Å². The van der Waals surface area contributed by atoms with E-state index < -0.39 is 127 Å². The molecule has 0 saturated heterocycles. The van der Waals surface area contributed by atoms with Crippen LogP contribution in [0.4, 0.5) is 34.6 Å². The molecule has 3 unspecified atom stereocenters. The number of alkyl halides is 6. The van der Waals surface area contributed by atoms with Crippen molar-refractivity contribution in [3.8, 4) is 0 Å². The van der Waals surface area contributed by atoms with E-state index in [9.17, 15) is 34.6 Å². The Morgan fingerprint density at radius 2 is 0.595 bits per heavy atom. The Morgan fingerprint density at radius 1 is 0.306 bits per heavy atom. The molecular formula is C79H204F8O12Si12. The zero-order chi connectivity index (χ0) is 71.1. The van der Waals surface area contributed by atoms with Crippen molar-refractivity contribution in [2.45, 2.75) is 345 Å². The highest BCUT2D eigenvalue weighted by molar-refractivity contribution is 6.98. The van der Waals surface area contributed by atoms with Gasteiger partial charge >= 0.3 is 64.1 Å². The molecular weight excluding hydrogens is 1630 g/mol. The van der Waals surface area contributed by atoms with Gasteiger partial charge in [0.2, 0.25) is 0 Å². The van der Waals surface area contributed by atoms with Gasteiger partial charge in [0, 0.05) is 69.2 Å². The van der Waals surface area contributed by atoms with Crippen molar-refractivity contribution in [3.63, 3.8) is 0 Å². The molecule has 0 amide bonds. The lowest BCUT2D eigenvalue weighted by atomic mass is 10.4. The Balaban J connectivity index is -0.0000000312. The highest BCUT2D eigenvalue weighted by Crippen LogP contribution is 2.30. The van der Waals surface area contributed by atoms with Crippen molar-refractivity contribution >= 4 is 117 Å². The SMILES string of the molecule is C.C.C.C.C.C.C.C.C.C.C.C.C.C.C.C.C.C.C.C.C.C.C=C[Si](C)(C)O[Si](C)(CCC(F)(F)F)OC.C=C[Si](C)(OC)O[Si](C)(C)C.CO[Si](C)(C)C.CO[Si](C)(C)CCC(F)(F)F.CO[Si](C)(C)O[Si](C)(F)F.CO[Si](C)(O[Si](C)(C)C)c1ccccc1.CO[Si](O[Si](C)(C)C)(c1ccccc1)c1ccccc1. The molecule has 0 aliphatic rings. The molecule has 3 atom stereocenters. The molecule has 0 bridgehead atoms. The third kappa shape index (κ3) is 99.2. The van der Waals surface area contributed by atoms with Gasteiger partial charge in [0.1, 0.15) is 0 Å². The molecule has 0 radical (unpaired) electrons. The lowest BCUT2D eigenvalue weighted by molar-refractivity contribution is -0.132. The van der Waals surface area contributed by atoms with E-state index in [2.05, 4.69) is 139 Å². The highest BCUT2D eigenvalue weighted by atomic mass is 28.5. The largest absolute Gasteiger partial charge is 0.565 e. The minimum Gasteiger partial charge on any atom is -0.433 e. The average Bonchev–Trinajstić information content (AvgIpc) is 0.777. The van der Waals surface area contributed by atoms with Gasteiger partial charge in [-0.1, -0.05) is 266 Å². The van der Waals surface area contributed by atoms with Gasteiger partial charge in [0.25, 0.3) is 0 Å². The van der Waals surface area contributed by atoms with E-state index in [1.807, 2.05) is 79.9 Å². The molecule has 3 rings (SSSR count). The molecule has 12 nitrogen and oxygen atoms in total. The number of halogens is 8. The molecule has 0 spiro atoms. The number of rotatable bonds is 26. The first-order valence-corrected chi connectivity index (χ1v) is 62.9. The normalized spacial score (nSPS) is 11.8. The first kappa shape index (κ1) is 185. The van der Waals surface area contributed by atoms with Gasteiger partial charge in [0.05, 0.1) is 0 Å². The fourth-order valence-corrected chi connectivity index (χ4v) is 37.2. The van der Waals surface area contributed by atoms with Crippen LogP contribution in [0.1, 0.15) is 176 Å². The van der Waals surface area contributed by atoms with Crippen LogP contribution < -0.4 is 15.6 Å². The van der Waals surface area contributed by atoms with Crippen molar-refractivity contribution in [2.75, 3.05) is 49.8 Å². The summed E-state index contributed by atoms with van der Waals surface area (Å²) in [7, 11) is -15.1. The summed E-state index contributed by atoms with van der Waals surface area (Å²) < 4.78 is 162. The van der Waals surface area contributed by atoms with Crippen molar-refractivity contribution < 1.29 is 86.1 Å². The standard InChI is InChI=1S/C16H22O2Si2.C11H20O2Si2.C9H19F3O2Si2.C7H18O2Si2.C6H13F3OSi.C4H12F2O2Si2.C4H12OSi.22CH4/c1-17-20(18-19(2,3)4,15-11-7-5-8-12-15)16-13-9-6-10-14-16;1-12-15(5,13-14(2,3)4)11-9-7-6-8-10-11;1-6-15(3,4)14-16(5,13-2)8-7-9(10,11)12;1-7-11(6,8-2)9-10(3,4)5;1-10-11(2,3)5-4-6(7,8)9;1-7-9(2,3)8-10(4,5)6;1-5-6(2,3)4;;;;;;;;;;;;;;;;;;;;;;/h5-14H,1-4H3;6-10H,1-5H3;6H,1,7-8H2,2-5H3;7H,1H2,2-6H3;4-5H2,1-3H3;1-4H3;1-4H3;22*1H4. The molecule has 3 aromatic carbocycles. The molecule has 0 aromatic heterocycles. The van der Waals surface area contributed by atoms with Crippen LogP contribution in [0.3, 0.4) is 0 Å². The van der Waals surface area contributed by atoms with Crippen LogP contribution in [0.2, 0.25) is 156 Å². The highest BCUT2D eigenvalue weighted by Gasteiger charge is 2.46. The van der Waals surface area contributed by atoms with E-state index in [0.717, 1.165) is 16.9 Å². The van der Waals surface area contributed by atoms with Gasteiger partial charge in [0.15, 0.2) is 49.9 Å². The Labute approximate surface area is 708 Å². The van der Waals surface area contributed by atoms with Crippen LogP contribution >= 0.6 is 0 Å². The van der Waals surface area contributed by atoms with E-state index in [1.165, 1.54) is 26.5 Å². The molecule has 32 heteroatoms. The summed E-state index contributed by atoms with van der Waals surface area (Å²) in [6.07, 6.45) is -9.77. The fraction of sp³-hybridized carbons (Fsp3) is 0.722. The number of benzene rings is 3. The molecule has 0 fully saturated rings. The Morgan fingerprint density at radius 3 is 0.775 bits per heavy atom. The van der Waals surface area contributed by atoms with E-state index in [4.69, 9.17) is 47.4 Å². The second kappa shape index (κ2) is 81.1. The summed E-state index contributed by atoms with van der Waals surface area (Å²) in [5.74, 6) is 0. The maximum Gasteiger partial charge on any atom is 0.565 e. The lowest BCUT2D eigenvalue weighted by Gasteiger charge is -2.35. The predicted octanol–water partition coefficient (Wildman–Crippen LogP) is 31.2. The van der Waals surface area contributed by atoms with Crippen molar-refractivity contribution in [1.82, 2.24) is 0 Å². The average molecular weight is 1840 g/mol. The van der Waals surface area contributed by atoms with Crippen LogP contribution in [-0.2, 0) is 51.6 Å². The van der Waals surface area contributed by atoms with Crippen molar-refractivity contribution in [3.05, 3.63) is 116 Å². The van der Waals surface area contributed by atoms with Gasteiger partial charge in [-0.25, -0.2) is 8.22 Å². The third-order valence-corrected chi connectivity index (χ3v) is 45.0. The fourth-order valence-electron chi connectivity index (χ4n) is 6.81. The number of hydrogen-bond acceptors (Lipinski definition) is 12. The van der Waals surface area contributed by atoms with Crippen molar-refractivity contribution in [1.29, 1.82) is 0 Å². The monoisotopic (exact) mass is 1830 g/mol. The molecule has 0 N–H and O–H groups in total.